The van der Waals surface area contributed by atoms with Crippen molar-refractivity contribution in [3.05, 3.63) is 29.8 Å². The van der Waals surface area contributed by atoms with Crippen LogP contribution in [-0.4, -0.2) is 55.9 Å². The van der Waals surface area contributed by atoms with Crippen molar-refractivity contribution in [1.82, 2.24) is 9.21 Å². The summed E-state index contributed by atoms with van der Waals surface area (Å²) in [5.74, 6) is -5.08. The Kier molecular flexibility index (Phi) is 6.19. The zero-order valence-electron chi connectivity index (χ0n) is 15.5. The van der Waals surface area contributed by atoms with Gasteiger partial charge in [-0.1, -0.05) is 12.5 Å². The van der Waals surface area contributed by atoms with Crippen LogP contribution >= 0.6 is 0 Å². The normalized spacial score (nSPS) is 24.5. The number of nitrogens with zero attached hydrogens (tertiary/aromatic N) is 2. The number of carbonyl (C=O) groups is 1. The highest BCUT2D eigenvalue weighted by molar-refractivity contribution is 7.89. The lowest BCUT2D eigenvalue weighted by atomic mass is 9.80. The Bertz CT molecular complexity index is 846. The maximum Gasteiger partial charge on any atom is 0.391 e. The zero-order valence-corrected chi connectivity index (χ0v) is 16.3. The van der Waals surface area contributed by atoms with Crippen molar-refractivity contribution >= 4 is 15.9 Å². The predicted molar refractivity (Wildman–Crippen MR) is 93.2 cm³/mol. The monoisotopic (exact) mass is 440 g/mol. The molecule has 1 amide bonds. The summed E-state index contributed by atoms with van der Waals surface area (Å²) in [6.07, 6.45) is -3.92. The van der Waals surface area contributed by atoms with E-state index in [1.165, 1.54) is 4.90 Å². The second-order valence-corrected chi connectivity index (χ2v) is 9.26. The summed E-state index contributed by atoms with van der Waals surface area (Å²) in [7, 11) is -4.43. The maximum atomic E-state index is 13.9. The molecule has 1 aromatic carbocycles. The molecule has 1 aliphatic carbocycles. The summed E-state index contributed by atoms with van der Waals surface area (Å²) >= 11 is 0. The molecule has 2 aliphatic rings. The third-order valence-electron chi connectivity index (χ3n) is 5.55. The molecule has 162 valence electrons. The second-order valence-electron chi connectivity index (χ2n) is 7.38. The van der Waals surface area contributed by atoms with Gasteiger partial charge < -0.3 is 4.90 Å². The first kappa shape index (κ1) is 21.9. The number of amides is 1. The fourth-order valence-corrected chi connectivity index (χ4v) is 5.51. The number of halogens is 5. The molecule has 0 radical (unpaired) electrons. The van der Waals surface area contributed by atoms with Crippen molar-refractivity contribution < 1.29 is 35.2 Å². The Morgan fingerprint density at radius 2 is 1.59 bits per heavy atom. The number of alkyl halides is 3. The summed E-state index contributed by atoms with van der Waals surface area (Å²) in [6.45, 7) is -0.447. The van der Waals surface area contributed by atoms with Crippen molar-refractivity contribution in [2.24, 2.45) is 11.8 Å². The van der Waals surface area contributed by atoms with Gasteiger partial charge in [0.1, 0.15) is 11.6 Å². The standard InChI is InChI=1S/C18H21F5N2O3S/c19-14-5-2-6-15(20)16(14)29(27,28)25-9-7-24(8-10-25)17(26)12-3-1-4-13(11-12)18(21,22)23/h2,5-6,12-13H,1,3-4,7-11H2. The highest BCUT2D eigenvalue weighted by Gasteiger charge is 2.44. The third kappa shape index (κ3) is 4.55. The van der Waals surface area contributed by atoms with E-state index in [4.69, 9.17) is 0 Å². The number of hydrogen-bond acceptors (Lipinski definition) is 3. The van der Waals surface area contributed by atoms with Crippen LogP contribution in [-0.2, 0) is 14.8 Å². The molecule has 0 bridgehead atoms. The van der Waals surface area contributed by atoms with E-state index in [1.54, 1.807) is 0 Å². The molecular weight excluding hydrogens is 419 g/mol. The van der Waals surface area contributed by atoms with Crippen LogP contribution in [0.5, 0.6) is 0 Å². The first-order chi connectivity index (χ1) is 13.5. The van der Waals surface area contributed by atoms with E-state index < -0.39 is 50.5 Å². The molecule has 0 aromatic heterocycles. The van der Waals surface area contributed by atoms with E-state index in [2.05, 4.69) is 0 Å². The fraction of sp³-hybridized carbons (Fsp3) is 0.611. The number of rotatable bonds is 3. The molecular formula is C18H21F5N2O3S. The van der Waals surface area contributed by atoms with Gasteiger partial charge in [-0.2, -0.15) is 17.5 Å². The lowest BCUT2D eigenvalue weighted by molar-refractivity contribution is -0.187. The molecule has 2 unspecified atom stereocenters. The average Bonchev–Trinajstić information content (AvgIpc) is 2.66. The van der Waals surface area contributed by atoms with Crippen LogP contribution in [0.15, 0.2) is 23.1 Å². The van der Waals surface area contributed by atoms with Crippen LogP contribution in [0.25, 0.3) is 0 Å². The topological polar surface area (TPSA) is 57.7 Å². The van der Waals surface area contributed by atoms with Crippen molar-refractivity contribution in [3.63, 3.8) is 0 Å². The van der Waals surface area contributed by atoms with Crippen molar-refractivity contribution in [2.75, 3.05) is 26.2 Å². The second kappa shape index (κ2) is 8.17. The molecule has 0 spiro atoms. The Hall–Kier alpha value is -1.75. The van der Waals surface area contributed by atoms with E-state index in [0.29, 0.717) is 12.8 Å². The van der Waals surface area contributed by atoms with E-state index in [0.717, 1.165) is 22.5 Å². The lowest BCUT2D eigenvalue weighted by Gasteiger charge is -2.38. The average molecular weight is 440 g/mol. The van der Waals surface area contributed by atoms with Crippen LogP contribution in [0.2, 0.25) is 0 Å². The van der Waals surface area contributed by atoms with Gasteiger partial charge in [0, 0.05) is 32.1 Å². The van der Waals surface area contributed by atoms with Crippen LogP contribution in [0.4, 0.5) is 22.0 Å². The largest absolute Gasteiger partial charge is 0.391 e. The molecule has 29 heavy (non-hydrogen) atoms. The molecule has 5 nitrogen and oxygen atoms in total. The van der Waals surface area contributed by atoms with Gasteiger partial charge in [0.25, 0.3) is 0 Å². The summed E-state index contributed by atoms with van der Waals surface area (Å²) in [5.41, 5.74) is 0. The molecule has 0 N–H and O–H groups in total. The van der Waals surface area contributed by atoms with Crippen molar-refractivity contribution in [3.8, 4) is 0 Å². The number of carbonyl (C=O) groups excluding carboxylic acids is 1. The maximum absolute atomic E-state index is 13.9. The smallest absolute Gasteiger partial charge is 0.340 e. The lowest BCUT2D eigenvalue weighted by Crippen LogP contribution is -2.52. The fourth-order valence-electron chi connectivity index (χ4n) is 3.98. The Labute approximate surface area is 165 Å². The van der Waals surface area contributed by atoms with Gasteiger partial charge in [0.2, 0.25) is 15.9 Å². The SMILES string of the molecule is O=C(C1CCCC(C(F)(F)F)C1)N1CCN(S(=O)(=O)c2c(F)cccc2F)CC1. The van der Waals surface area contributed by atoms with E-state index in [1.807, 2.05) is 0 Å². The number of hydrogen-bond donors (Lipinski definition) is 0. The highest BCUT2D eigenvalue weighted by Crippen LogP contribution is 2.40. The van der Waals surface area contributed by atoms with Crippen LogP contribution in [0.1, 0.15) is 25.7 Å². The number of sulfonamides is 1. The van der Waals surface area contributed by atoms with Crippen molar-refractivity contribution in [1.29, 1.82) is 0 Å². The quantitative estimate of drug-likeness (QED) is 0.679. The summed E-state index contributed by atoms with van der Waals surface area (Å²) in [4.78, 5) is 12.9. The predicted octanol–water partition coefficient (Wildman–Crippen LogP) is 3.17. The first-order valence-electron chi connectivity index (χ1n) is 9.31. The Morgan fingerprint density at radius 3 is 2.14 bits per heavy atom. The molecule has 1 aromatic rings. The third-order valence-corrected chi connectivity index (χ3v) is 7.50. The molecule has 1 saturated heterocycles. The summed E-state index contributed by atoms with van der Waals surface area (Å²) in [6, 6.07) is 2.74. The molecule has 2 fully saturated rings. The van der Waals surface area contributed by atoms with Gasteiger partial charge in [-0.15, -0.1) is 0 Å². The van der Waals surface area contributed by atoms with Gasteiger partial charge >= 0.3 is 6.18 Å². The minimum absolute atomic E-state index is 0.00745. The molecule has 11 heteroatoms. The van der Waals surface area contributed by atoms with Gasteiger partial charge in [0.15, 0.2) is 4.90 Å². The Morgan fingerprint density at radius 1 is 1.00 bits per heavy atom. The van der Waals surface area contributed by atoms with Crippen LogP contribution < -0.4 is 0 Å². The van der Waals surface area contributed by atoms with Gasteiger partial charge in [-0.25, -0.2) is 17.2 Å². The number of benzene rings is 1. The Balaban J connectivity index is 1.65. The highest BCUT2D eigenvalue weighted by atomic mass is 32.2. The molecule has 3 rings (SSSR count). The van der Waals surface area contributed by atoms with Gasteiger partial charge in [-0.3, -0.25) is 4.79 Å². The van der Waals surface area contributed by atoms with E-state index >= 15 is 0 Å². The van der Waals surface area contributed by atoms with E-state index in [-0.39, 0.29) is 39.0 Å². The van der Waals surface area contributed by atoms with Gasteiger partial charge in [0.05, 0.1) is 5.92 Å². The molecule has 2 atom stereocenters. The zero-order chi connectivity index (χ0) is 21.4. The minimum Gasteiger partial charge on any atom is -0.340 e. The molecule has 1 heterocycles. The molecule has 1 saturated carbocycles. The minimum atomic E-state index is -4.43. The van der Waals surface area contributed by atoms with Crippen LogP contribution in [0.3, 0.4) is 0 Å². The van der Waals surface area contributed by atoms with Crippen LogP contribution in [0, 0.1) is 23.5 Å². The number of piperazine rings is 1. The summed E-state index contributed by atoms with van der Waals surface area (Å²) < 4.78 is 92.7. The first-order valence-corrected chi connectivity index (χ1v) is 10.8. The van der Waals surface area contributed by atoms with Crippen molar-refractivity contribution in [2.45, 2.75) is 36.8 Å². The molecule has 1 aliphatic heterocycles. The summed E-state index contributed by atoms with van der Waals surface area (Å²) in [5, 5.41) is 0. The van der Waals surface area contributed by atoms with E-state index in [9.17, 15) is 35.2 Å². The van der Waals surface area contributed by atoms with Gasteiger partial charge in [-0.05, 0) is 31.4 Å².